The van der Waals surface area contributed by atoms with Gasteiger partial charge in [-0.15, -0.1) is 0 Å². The van der Waals surface area contributed by atoms with Crippen LogP contribution in [0.3, 0.4) is 0 Å². The zero-order valence-corrected chi connectivity index (χ0v) is 12.3. The van der Waals surface area contributed by atoms with Gasteiger partial charge >= 0.3 is 0 Å². The molecule has 1 aliphatic heterocycles. The lowest BCUT2D eigenvalue weighted by Crippen LogP contribution is -2.44. The van der Waals surface area contributed by atoms with Crippen molar-refractivity contribution in [3.05, 3.63) is 35.4 Å². The van der Waals surface area contributed by atoms with Crippen molar-refractivity contribution in [1.29, 1.82) is 0 Å². The third-order valence-corrected chi connectivity index (χ3v) is 4.17. The molecule has 0 spiro atoms. The van der Waals surface area contributed by atoms with Gasteiger partial charge < -0.3 is 10.6 Å². The molecule has 106 valence electrons. The standard InChI is InChI=1S/C16H27N3/c1-18-11-5-8-16(13-18)19(2)12-15-7-4-3-6-14(15)9-10-17/h3-4,6-7,16H,5,8-13,17H2,1-2H3. The van der Waals surface area contributed by atoms with Crippen LogP contribution < -0.4 is 5.73 Å². The van der Waals surface area contributed by atoms with Crippen LogP contribution in [0.2, 0.25) is 0 Å². The van der Waals surface area contributed by atoms with Gasteiger partial charge in [-0.25, -0.2) is 0 Å². The molecular weight excluding hydrogens is 234 g/mol. The van der Waals surface area contributed by atoms with Gasteiger partial charge in [0.2, 0.25) is 0 Å². The number of hydrogen-bond acceptors (Lipinski definition) is 3. The van der Waals surface area contributed by atoms with Crippen LogP contribution in [0.1, 0.15) is 24.0 Å². The normalized spacial score (nSPS) is 20.9. The second-order valence-corrected chi connectivity index (χ2v) is 5.78. The predicted octanol–water partition coefficient (Wildman–Crippen LogP) is 1.71. The molecule has 0 saturated carbocycles. The fourth-order valence-corrected chi connectivity index (χ4v) is 3.01. The molecule has 0 amide bonds. The number of piperidine rings is 1. The number of likely N-dealkylation sites (N-methyl/N-ethyl adjacent to an activating group) is 2. The minimum Gasteiger partial charge on any atom is -0.330 e. The lowest BCUT2D eigenvalue weighted by atomic mass is 10.0. The first-order chi connectivity index (χ1) is 9.20. The van der Waals surface area contributed by atoms with Gasteiger partial charge in [0, 0.05) is 19.1 Å². The van der Waals surface area contributed by atoms with Crippen molar-refractivity contribution in [2.75, 3.05) is 33.7 Å². The van der Waals surface area contributed by atoms with E-state index in [2.05, 4.69) is 48.2 Å². The average Bonchev–Trinajstić information content (AvgIpc) is 2.41. The molecule has 1 unspecified atom stereocenters. The van der Waals surface area contributed by atoms with Gasteiger partial charge in [-0.3, -0.25) is 4.90 Å². The van der Waals surface area contributed by atoms with Crippen LogP contribution in [0.15, 0.2) is 24.3 Å². The topological polar surface area (TPSA) is 32.5 Å². The summed E-state index contributed by atoms with van der Waals surface area (Å²) in [6, 6.07) is 9.39. The van der Waals surface area contributed by atoms with E-state index in [1.54, 1.807) is 0 Å². The molecule has 0 aromatic heterocycles. The van der Waals surface area contributed by atoms with E-state index in [0.717, 1.165) is 19.5 Å². The minimum absolute atomic E-state index is 0.685. The second kappa shape index (κ2) is 7.04. The molecule has 19 heavy (non-hydrogen) atoms. The molecular formula is C16H27N3. The Kier molecular flexibility index (Phi) is 5.37. The number of nitrogens with zero attached hydrogens (tertiary/aromatic N) is 2. The molecule has 1 aliphatic rings. The Labute approximate surface area is 117 Å². The third kappa shape index (κ3) is 4.03. The fourth-order valence-electron chi connectivity index (χ4n) is 3.01. The Morgan fingerprint density at radius 2 is 2.05 bits per heavy atom. The zero-order valence-electron chi connectivity index (χ0n) is 12.3. The van der Waals surface area contributed by atoms with Crippen LogP contribution in [0.5, 0.6) is 0 Å². The molecule has 1 aromatic rings. The SMILES string of the molecule is CN1CCCC(N(C)Cc2ccccc2CCN)C1. The van der Waals surface area contributed by atoms with Crippen LogP contribution in [0.4, 0.5) is 0 Å². The molecule has 1 aromatic carbocycles. The van der Waals surface area contributed by atoms with Gasteiger partial charge in [0.25, 0.3) is 0 Å². The van der Waals surface area contributed by atoms with E-state index in [1.807, 2.05) is 0 Å². The second-order valence-electron chi connectivity index (χ2n) is 5.78. The molecule has 0 bridgehead atoms. The van der Waals surface area contributed by atoms with Crippen molar-refractivity contribution in [1.82, 2.24) is 9.80 Å². The van der Waals surface area contributed by atoms with Crippen molar-refractivity contribution in [3.8, 4) is 0 Å². The Hall–Kier alpha value is -0.900. The number of nitrogens with two attached hydrogens (primary N) is 1. The Morgan fingerprint density at radius 1 is 1.32 bits per heavy atom. The quantitative estimate of drug-likeness (QED) is 0.876. The lowest BCUT2D eigenvalue weighted by Gasteiger charge is -2.36. The molecule has 2 N–H and O–H groups in total. The zero-order chi connectivity index (χ0) is 13.7. The molecule has 1 atom stereocenters. The van der Waals surface area contributed by atoms with Gasteiger partial charge in [-0.2, -0.15) is 0 Å². The summed E-state index contributed by atoms with van der Waals surface area (Å²) in [6.45, 7) is 4.20. The van der Waals surface area contributed by atoms with Crippen LogP contribution in [-0.4, -0.2) is 49.6 Å². The summed E-state index contributed by atoms with van der Waals surface area (Å²) >= 11 is 0. The van der Waals surface area contributed by atoms with Gasteiger partial charge in [0.15, 0.2) is 0 Å². The first-order valence-corrected chi connectivity index (χ1v) is 7.36. The highest BCUT2D eigenvalue weighted by atomic mass is 15.2. The Balaban J connectivity index is 1.99. The summed E-state index contributed by atoms with van der Waals surface area (Å²) < 4.78 is 0. The predicted molar refractivity (Wildman–Crippen MR) is 81.2 cm³/mol. The number of rotatable bonds is 5. The van der Waals surface area contributed by atoms with E-state index in [9.17, 15) is 0 Å². The molecule has 0 radical (unpaired) electrons. The Morgan fingerprint density at radius 3 is 2.74 bits per heavy atom. The van der Waals surface area contributed by atoms with Gasteiger partial charge in [-0.05, 0) is 57.6 Å². The maximum absolute atomic E-state index is 5.70. The summed E-state index contributed by atoms with van der Waals surface area (Å²) in [5.74, 6) is 0. The number of likely N-dealkylation sites (tertiary alicyclic amines) is 1. The Bertz CT molecular complexity index is 391. The fraction of sp³-hybridized carbons (Fsp3) is 0.625. The summed E-state index contributed by atoms with van der Waals surface area (Å²) in [7, 11) is 4.48. The first kappa shape index (κ1) is 14.5. The molecule has 3 nitrogen and oxygen atoms in total. The maximum Gasteiger partial charge on any atom is 0.0236 e. The molecule has 0 aliphatic carbocycles. The average molecular weight is 261 g/mol. The number of hydrogen-bond donors (Lipinski definition) is 1. The van der Waals surface area contributed by atoms with Crippen LogP contribution in [-0.2, 0) is 13.0 Å². The van der Waals surface area contributed by atoms with Crippen LogP contribution in [0, 0.1) is 0 Å². The van der Waals surface area contributed by atoms with E-state index in [1.165, 1.54) is 37.1 Å². The van der Waals surface area contributed by atoms with E-state index in [-0.39, 0.29) is 0 Å². The third-order valence-electron chi connectivity index (χ3n) is 4.17. The van der Waals surface area contributed by atoms with Crippen LogP contribution >= 0.6 is 0 Å². The van der Waals surface area contributed by atoms with Gasteiger partial charge in [-0.1, -0.05) is 24.3 Å². The molecule has 2 rings (SSSR count). The molecule has 1 saturated heterocycles. The highest BCUT2D eigenvalue weighted by Crippen LogP contribution is 2.18. The molecule has 1 fully saturated rings. The smallest absolute Gasteiger partial charge is 0.0236 e. The van der Waals surface area contributed by atoms with Crippen molar-refractivity contribution in [2.24, 2.45) is 5.73 Å². The van der Waals surface area contributed by atoms with Crippen molar-refractivity contribution in [2.45, 2.75) is 31.8 Å². The van der Waals surface area contributed by atoms with Gasteiger partial charge in [0.05, 0.1) is 0 Å². The lowest BCUT2D eigenvalue weighted by molar-refractivity contribution is 0.129. The summed E-state index contributed by atoms with van der Waals surface area (Å²) in [5, 5.41) is 0. The monoisotopic (exact) mass is 261 g/mol. The largest absolute Gasteiger partial charge is 0.330 e. The highest BCUT2D eigenvalue weighted by molar-refractivity contribution is 5.27. The van der Waals surface area contributed by atoms with Crippen molar-refractivity contribution < 1.29 is 0 Å². The van der Waals surface area contributed by atoms with Crippen molar-refractivity contribution in [3.63, 3.8) is 0 Å². The van der Waals surface area contributed by atoms with Crippen LogP contribution in [0.25, 0.3) is 0 Å². The maximum atomic E-state index is 5.70. The summed E-state index contributed by atoms with van der Waals surface area (Å²) in [4.78, 5) is 4.95. The molecule has 1 heterocycles. The van der Waals surface area contributed by atoms with Gasteiger partial charge in [0.1, 0.15) is 0 Å². The minimum atomic E-state index is 0.685. The van der Waals surface area contributed by atoms with E-state index in [0.29, 0.717) is 6.04 Å². The first-order valence-electron chi connectivity index (χ1n) is 7.36. The van der Waals surface area contributed by atoms with Crippen molar-refractivity contribution >= 4 is 0 Å². The highest BCUT2D eigenvalue weighted by Gasteiger charge is 2.21. The van der Waals surface area contributed by atoms with E-state index < -0.39 is 0 Å². The van der Waals surface area contributed by atoms with E-state index >= 15 is 0 Å². The molecule has 3 heteroatoms. The van der Waals surface area contributed by atoms with E-state index in [4.69, 9.17) is 5.73 Å². The number of benzene rings is 1. The summed E-state index contributed by atoms with van der Waals surface area (Å²) in [5.41, 5.74) is 8.54. The summed E-state index contributed by atoms with van der Waals surface area (Å²) in [6.07, 6.45) is 3.62.